The van der Waals surface area contributed by atoms with Crippen molar-refractivity contribution in [2.45, 2.75) is 44.2 Å². The number of rotatable bonds is 1. The lowest BCUT2D eigenvalue weighted by Crippen LogP contribution is -2.21. The van der Waals surface area contributed by atoms with Crippen molar-refractivity contribution in [3.63, 3.8) is 0 Å². The van der Waals surface area contributed by atoms with Crippen molar-refractivity contribution in [1.82, 2.24) is 10.5 Å². The maximum atomic E-state index is 5.31. The van der Waals surface area contributed by atoms with Crippen molar-refractivity contribution < 1.29 is 4.52 Å². The summed E-state index contributed by atoms with van der Waals surface area (Å²) in [4.78, 5) is 0. The summed E-state index contributed by atoms with van der Waals surface area (Å²) in [5, 5.41) is 7.54. The molecule has 0 amide bonds. The molecule has 14 heavy (non-hydrogen) atoms. The molecule has 3 atom stereocenters. The van der Waals surface area contributed by atoms with E-state index in [0.29, 0.717) is 12.0 Å². The summed E-state index contributed by atoms with van der Waals surface area (Å²) >= 11 is 0. The summed E-state index contributed by atoms with van der Waals surface area (Å²) in [6.45, 7) is 1.98. The SMILES string of the molecule is Cc1cc(C2CC3CCC2N3)on1.Cl. The Bertz CT molecular complexity index is 326. The van der Waals surface area contributed by atoms with Gasteiger partial charge in [0.05, 0.1) is 5.69 Å². The Morgan fingerprint density at radius 1 is 1.50 bits per heavy atom. The Kier molecular flexibility index (Phi) is 2.54. The molecule has 2 saturated heterocycles. The molecule has 78 valence electrons. The van der Waals surface area contributed by atoms with Crippen LogP contribution in [0.2, 0.25) is 0 Å². The Labute approximate surface area is 89.6 Å². The summed E-state index contributed by atoms with van der Waals surface area (Å²) in [6, 6.07) is 3.46. The number of aryl methyl sites for hydroxylation is 1. The molecule has 0 spiro atoms. The normalized spacial score (nSPS) is 34.5. The fourth-order valence-electron chi connectivity index (χ4n) is 2.70. The zero-order valence-corrected chi connectivity index (χ0v) is 9.01. The summed E-state index contributed by atoms with van der Waals surface area (Å²) in [5.74, 6) is 1.66. The third kappa shape index (κ3) is 1.44. The molecule has 0 aliphatic carbocycles. The Balaban J connectivity index is 0.000000750. The van der Waals surface area contributed by atoms with Crippen LogP contribution in [-0.4, -0.2) is 17.2 Å². The minimum atomic E-state index is 0. The maximum absolute atomic E-state index is 5.31. The predicted octanol–water partition coefficient (Wildman–Crippen LogP) is 2.01. The smallest absolute Gasteiger partial charge is 0.141 e. The highest BCUT2D eigenvalue weighted by Crippen LogP contribution is 2.39. The molecule has 3 rings (SSSR count). The van der Waals surface area contributed by atoms with Gasteiger partial charge in [0.15, 0.2) is 0 Å². The molecule has 1 aromatic rings. The van der Waals surface area contributed by atoms with E-state index >= 15 is 0 Å². The van der Waals surface area contributed by atoms with Crippen LogP contribution < -0.4 is 5.32 Å². The topological polar surface area (TPSA) is 38.1 Å². The average Bonchev–Trinajstić information content (AvgIpc) is 2.77. The summed E-state index contributed by atoms with van der Waals surface area (Å²) in [7, 11) is 0. The quantitative estimate of drug-likeness (QED) is 0.777. The monoisotopic (exact) mass is 214 g/mol. The van der Waals surface area contributed by atoms with Crippen LogP contribution in [0, 0.1) is 6.92 Å². The molecule has 1 N–H and O–H groups in total. The van der Waals surface area contributed by atoms with Crippen LogP contribution >= 0.6 is 12.4 Å². The molecule has 3 unspecified atom stereocenters. The molecule has 3 nitrogen and oxygen atoms in total. The molecular weight excluding hydrogens is 200 g/mol. The fourth-order valence-corrected chi connectivity index (χ4v) is 2.70. The number of nitrogens with one attached hydrogen (secondary N) is 1. The number of hydrogen-bond donors (Lipinski definition) is 1. The zero-order chi connectivity index (χ0) is 8.84. The number of hydrogen-bond acceptors (Lipinski definition) is 3. The second-order valence-corrected chi connectivity index (χ2v) is 4.26. The lowest BCUT2D eigenvalue weighted by atomic mass is 9.87. The number of aromatic nitrogens is 1. The van der Waals surface area contributed by atoms with Crippen molar-refractivity contribution in [3.8, 4) is 0 Å². The lowest BCUT2D eigenvalue weighted by Gasteiger charge is -2.16. The molecular formula is C10H15ClN2O. The molecule has 1 aromatic heterocycles. The van der Waals surface area contributed by atoms with Crippen molar-refractivity contribution in [1.29, 1.82) is 0 Å². The van der Waals surface area contributed by atoms with E-state index in [4.69, 9.17) is 4.52 Å². The summed E-state index contributed by atoms with van der Waals surface area (Å²) in [6.07, 6.45) is 3.88. The Hall–Kier alpha value is -0.540. The number of nitrogens with zero attached hydrogens (tertiary/aromatic N) is 1. The predicted molar refractivity (Wildman–Crippen MR) is 55.8 cm³/mol. The highest BCUT2D eigenvalue weighted by atomic mass is 35.5. The minimum Gasteiger partial charge on any atom is -0.361 e. The van der Waals surface area contributed by atoms with E-state index in [2.05, 4.69) is 16.5 Å². The van der Waals surface area contributed by atoms with Crippen molar-refractivity contribution in [3.05, 3.63) is 17.5 Å². The third-order valence-corrected chi connectivity index (χ3v) is 3.31. The van der Waals surface area contributed by atoms with Crippen LogP contribution in [0.3, 0.4) is 0 Å². The van der Waals surface area contributed by atoms with E-state index in [1.807, 2.05) is 6.92 Å². The Morgan fingerprint density at radius 3 is 2.86 bits per heavy atom. The van der Waals surface area contributed by atoms with Gasteiger partial charge in [-0.05, 0) is 26.2 Å². The van der Waals surface area contributed by atoms with E-state index in [9.17, 15) is 0 Å². The summed E-state index contributed by atoms with van der Waals surface area (Å²) in [5.41, 5.74) is 0.998. The van der Waals surface area contributed by atoms with Gasteiger partial charge in [0, 0.05) is 24.1 Å². The zero-order valence-electron chi connectivity index (χ0n) is 8.19. The van der Waals surface area contributed by atoms with Gasteiger partial charge in [0.25, 0.3) is 0 Å². The van der Waals surface area contributed by atoms with Crippen LogP contribution in [0.1, 0.15) is 36.6 Å². The second-order valence-electron chi connectivity index (χ2n) is 4.26. The van der Waals surface area contributed by atoms with Gasteiger partial charge in [0.2, 0.25) is 0 Å². The van der Waals surface area contributed by atoms with E-state index in [1.54, 1.807) is 0 Å². The highest BCUT2D eigenvalue weighted by molar-refractivity contribution is 5.85. The lowest BCUT2D eigenvalue weighted by molar-refractivity contribution is 0.334. The number of fused-ring (bicyclic) bond motifs is 2. The van der Waals surface area contributed by atoms with Gasteiger partial charge in [-0.25, -0.2) is 0 Å². The molecule has 0 radical (unpaired) electrons. The molecule has 4 heteroatoms. The first-order chi connectivity index (χ1) is 6.33. The van der Waals surface area contributed by atoms with Crippen LogP contribution in [0.25, 0.3) is 0 Å². The van der Waals surface area contributed by atoms with Crippen molar-refractivity contribution in [2.75, 3.05) is 0 Å². The fraction of sp³-hybridized carbons (Fsp3) is 0.700. The molecule has 2 fully saturated rings. The molecule has 2 aliphatic heterocycles. The van der Waals surface area contributed by atoms with E-state index in [0.717, 1.165) is 17.5 Å². The maximum Gasteiger partial charge on any atom is 0.141 e. The summed E-state index contributed by atoms with van der Waals surface area (Å²) < 4.78 is 5.31. The van der Waals surface area contributed by atoms with Gasteiger partial charge in [0.1, 0.15) is 5.76 Å². The third-order valence-electron chi connectivity index (χ3n) is 3.31. The first-order valence-corrected chi connectivity index (χ1v) is 5.02. The van der Waals surface area contributed by atoms with Gasteiger partial charge in [-0.1, -0.05) is 5.16 Å². The largest absolute Gasteiger partial charge is 0.361 e. The molecule has 0 saturated carbocycles. The standard InChI is InChI=1S/C10H14N2O.ClH/c1-6-4-10(13-12-6)8-5-7-2-3-9(8)11-7;/h4,7-9,11H,2-3,5H2,1H3;1H. The van der Waals surface area contributed by atoms with Gasteiger partial charge in [-0.2, -0.15) is 0 Å². The van der Waals surface area contributed by atoms with Crippen molar-refractivity contribution in [2.24, 2.45) is 0 Å². The minimum absolute atomic E-state index is 0. The molecule has 3 heterocycles. The Morgan fingerprint density at radius 2 is 2.36 bits per heavy atom. The van der Waals surface area contributed by atoms with Gasteiger partial charge < -0.3 is 9.84 Å². The van der Waals surface area contributed by atoms with Gasteiger partial charge >= 0.3 is 0 Å². The number of halogens is 1. The van der Waals surface area contributed by atoms with Crippen LogP contribution in [0.4, 0.5) is 0 Å². The first-order valence-electron chi connectivity index (χ1n) is 5.02. The van der Waals surface area contributed by atoms with Crippen molar-refractivity contribution >= 4 is 12.4 Å². The van der Waals surface area contributed by atoms with Gasteiger partial charge in [-0.15, -0.1) is 12.4 Å². The average molecular weight is 215 g/mol. The molecule has 0 aromatic carbocycles. The van der Waals surface area contributed by atoms with E-state index in [1.165, 1.54) is 19.3 Å². The van der Waals surface area contributed by atoms with Crippen LogP contribution in [-0.2, 0) is 0 Å². The second kappa shape index (κ2) is 3.55. The molecule has 2 bridgehead atoms. The van der Waals surface area contributed by atoms with Crippen LogP contribution in [0.15, 0.2) is 10.6 Å². The van der Waals surface area contributed by atoms with E-state index in [-0.39, 0.29) is 12.4 Å². The first kappa shape index (κ1) is 9.99. The van der Waals surface area contributed by atoms with Gasteiger partial charge in [-0.3, -0.25) is 0 Å². The highest BCUT2D eigenvalue weighted by Gasteiger charge is 2.41. The van der Waals surface area contributed by atoms with E-state index < -0.39 is 0 Å². The molecule has 2 aliphatic rings. The van der Waals surface area contributed by atoms with Crippen LogP contribution in [0.5, 0.6) is 0 Å².